The second-order valence-electron chi connectivity index (χ2n) is 6.75. The Morgan fingerprint density at radius 3 is 2.74 bits per heavy atom. The average molecular weight is 390 g/mol. The Kier molecular flexibility index (Phi) is 5.65. The molecule has 0 spiro atoms. The fourth-order valence-electron chi connectivity index (χ4n) is 3.12. The van der Waals surface area contributed by atoms with Gasteiger partial charge in [0.1, 0.15) is 11.5 Å². The quantitative estimate of drug-likeness (QED) is 0.848. The standard InChI is InChI=1S/C19H22N2O5S/c1-12-5-6-14(26-12)15-7-8-16(27-15)18(23)20(2)11-17(22)21-9-3-4-13(10-21)19(24)25/h5-8,13H,3-4,9-11H2,1-2H3,(H,24,25). The molecule has 1 saturated heterocycles. The molecule has 0 radical (unpaired) electrons. The van der Waals surface area contributed by atoms with Crippen molar-refractivity contribution in [2.75, 3.05) is 26.7 Å². The van der Waals surface area contributed by atoms with Gasteiger partial charge in [-0.2, -0.15) is 0 Å². The lowest BCUT2D eigenvalue weighted by atomic mass is 9.98. The number of carbonyl (C=O) groups excluding carboxylic acids is 2. The Hall–Kier alpha value is -2.61. The van der Waals surface area contributed by atoms with E-state index in [4.69, 9.17) is 9.52 Å². The van der Waals surface area contributed by atoms with Gasteiger partial charge in [-0.05, 0) is 44.0 Å². The molecule has 7 nitrogen and oxygen atoms in total. The number of hydrogen-bond acceptors (Lipinski definition) is 5. The maximum absolute atomic E-state index is 12.6. The van der Waals surface area contributed by atoms with Crippen molar-refractivity contribution >= 4 is 29.1 Å². The SMILES string of the molecule is Cc1ccc(-c2ccc(C(=O)N(C)CC(=O)N3CCCC(C(=O)O)C3)s2)o1. The van der Waals surface area contributed by atoms with Crippen LogP contribution in [0.5, 0.6) is 0 Å². The minimum Gasteiger partial charge on any atom is -0.481 e. The zero-order chi connectivity index (χ0) is 19.6. The topological polar surface area (TPSA) is 91.1 Å². The van der Waals surface area contributed by atoms with E-state index >= 15 is 0 Å². The first kappa shape index (κ1) is 19.2. The van der Waals surface area contributed by atoms with Gasteiger partial charge in [0.25, 0.3) is 5.91 Å². The van der Waals surface area contributed by atoms with Crippen LogP contribution in [0.2, 0.25) is 0 Å². The lowest BCUT2D eigenvalue weighted by molar-refractivity contribution is -0.145. The van der Waals surface area contributed by atoms with Crippen LogP contribution in [0, 0.1) is 12.8 Å². The van der Waals surface area contributed by atoms with Crippen LogP contribution in [0.25, 0.3) is 10.6 Å². The van der Waals surface area contributed by atoms with E-state index in [0.717, 1.165) is 10.6 Å². The highest BCUT2D eigenvalue weighted by Gasteiger charge is 2.29. The Labute approximate surface area is 161 Å². The molecule has 0 bridgehead atoms. The number of nitrogens with zero attached hydrogens (tertiary/aromatic N) is 2. The summed E-state index contributed by atoms with van der Waals surface area (Å²) < 4.78 is 5.57. The van der Waals surface area contributed by atoms with Gasteiger partial charge in [-0.1, -0.05) is 0 Å². The molecule has 1 unspecified atom stereocenters. The van der Waals surface area contributed by atoms with Crippen molar-refractivity contribution in [2.24, 2.45) is 5.92 Å². The van der Waals surface area contributed by atoms with Crippen LogP contribution in [0.3, 0.4) is 0 Å². The fraction of sp³-hybridized carbons (Fsp3) is 0.421. The number of hydrogen-bond donors (Lipinski definition) is 1. The van der Waals surface area contributed by atoms with Gasteiger partial charge in [-0.3, -0.25) is 14.4 Å². The predicted molar refractivity (Wildman–Crippen MR) is 101 cm³/mol. The molecule has 0 saturated carbocycles. The van der Waals surface area contributed by atoms with Crippen molar-refractivity contribution in [2.45, 2.75) is 19.8 Å². The van der Waals surface area contributed by atoms with Crippen molar-refractivity contribution in [3.8, 4) is 10.6 Å². The third-order valence-corrected chi connectivity index (χ3v) is 5.73. The van der Waals surface area contributed by atoms with Crippen LogP contribution < -0.4 is 0 Å². The number of thiophene rings is 1. The normalized spacial score (nSPS) is 17.0. The zero-order valence-electron chi connectivity index (χ0n) is 15.3. The molecule has 1 N–H and O–H groups in total. The molecule has 144 valence electrons. The summed E-state index contributed by atoms with van der Waals surface area (Å²) >= 11 is 1.32. The summed E-state index contributed by atoms with van der Waals surface area (Å²) in [7, 11) is 1.58. The maximum Gasteiger partial charge on any atom is 0.308 e. The second kappa shape index (κ2) is 7.96. The summed E-state index contributed by atoms with van der Waals surface area (Å²) in [5.74, 6) is -0.361. The van der Waals surface area contributed by atoms with E-state index in [1.54, 1.807) is 13.1 Å². The number of carbonyl (C=O) groups is 3. The van der Waals surface area contributed by atoms with Crippen molar-refractivity contribution < 1.29 is 23.9 Å². The number of aryl methyl sites for hydroxylation is 1. The number of likely N-dealkylation sites (tertiary alicyclic amines) is 1. The van der Waals surface area contributed by atoms with Crippen molar-refractivity contribution in [3.63, 3.8) is 0 Å². The molecule has 3 rings (SSSR count). The van der Waals surface area contributed by atoms with Gasteiger partial charge in [0.15, 0.2) is 0 Å². The van der Waals surface area contributed by atoms with Crippen molar-refractivity contribution in [1.82, 2.24) is 9.80 Å². The van der Waals surface area contributed by atoms with Crippen LogP contribution >= 0.6 is 11.3 Å². The number of carboxylic acid groups (broad SMARTS) is 1. The van der Waals surface area contributed by atoms with Gasteiger partial charge in [-0.25, -0.2) is 0 Å². The number of furan rings is 1. The summed E-state index contributed by atoms with van der Waals surface area (Å²) in [6, 6.07) is 7.28. The summed E-state index contributed by atoms with van der Waals surface area (Å²) in [4.78, 5) is 40.5. The van der Waals surface area contributed by atoms with Crippen LogP contribution in [0.1, 0.15) is 28.3 Å². The first-order chi connectivity index (χ1) is 12.8. The Morgan fingerprint density at radius 1 is 1.30 bits per heavy atom. The highest BCUT2D eigenvalue weighted by molar-refractivity contribution is 7.17. The van der Waals surface area contributed by atoms with Crippen LogP contribution in [-0.4, -0.2) is 59.4 Å². The molecule has 1 fully saturated rings. The zero-order valence-corrected chi connectivity index (χ0v) is 16.1. The first-order valence-corrected chi connectivity index (χ1v) is 9.59. The fourth-order valence-corrected chi connectivity index (χ4v) is 4.08. The molecule has 27 heavy (non-hydrogen) atoms. The Bertz CT molecular complexity index is 856. The van der Waals surface area contributed by atoms with Crippen LogP contribution in [-0.2, 0) is 9.59 Å². The summed E-state index contributed by atoms with van der Waals surface area (Å²) in [5.41, 5.74) is 0. The molecule has 1 aliphatic rings. The highest BCUT2D eigenvalue weighted by Crippen LogP contribution is 2.30. The van der Waals surface area contributed by atoms with Gasteiger partial charge >= 0.3 is 5.97 Å². The van der Waals surface area contributed by atoms with E-state index in [9.17, 15) is 14.4 Å². The van der Waals surface area contributed by atoms with E-state index in [-0.39, 0.29) is 24.9 Å². The van der Waals surface area contributed by atoms with Gasteiger partial charge in [0.2, 0.25) is 5.91 Å². The first-order valence-electron chi connectivity index (χ1n) is 8.78. The van der Waals surface area contributed by atoms with Gasteiger partial charge < -0.3 is 19.3 Å². The van der Waals surface area contributed by atoms with Gasteiger partial charge in [0, 0.05) is 20.1 Å². The molecular weight excluding hydrogens is 368 g/mol. The van der Waals surface area contributed by atoms with Gasteiger partial charge in [-0.15, -0.1) is 11.3 Å². The molecule has 0 aliphatic carbocycles. The second-order valence-corrected chi connectivity index (χ2v) is 7.84. The van der Waals surface area contributed by atoms with E-state index in [1.807, 2.05) is 25.1 Å². The van der Waals surface area contributed by atoms with Crippen LogP contribution in [0.15, 0.2) is 28.7 Å². The largest absolute Gasteiger partial charge is 0.481 e. The Morgan fingerprint density at radius 2 is 2.07 bits per heavy atom. The van der Waals surface area contributed by atoms with Gasteiger partial charge in [0.05, 0.1) is 22.2 Å². The highest BCUT2D eigenvalue weighted by atomic mass is 32.1. The van der Waals surface area contributed by atoms with E-state index in [0.29, 0.717) is 30.0 Å². The molecule has 2 aromatic rings. The maximum atomic E-state index is 12.6. The lowest BCUT2D eigenvalue weighted by Crippen LogP contribution is -2.46. The van der Waals surface area contributed by atoms with Crippen molar-refractivity contribution in [3.05, 3.63) is 34.9 Å². The minimum absolute atomic E-state index is 0.0712. The average Bonchev–Trinajstić information content (AvgIpc) is 3.30. The van der Waals surface area contributed by atoms with E-state index < -0.39 is 11.9 Å². The van der Waals surface area contributed by atoms with Crippen molar-refractivity contribution in [1.29, 1.82) is 0 Å². The monoisotopic (exact) mass is 390 g/mol. The predicted octanol–water partition coefficient (Wildman–Crippen LogP) is 2.71. The summed E-state index contributed by atoms with van der Waals surface area (Å²) in [5, 5.41) is 9.15. The number of rotatable bonds is 5. The number of aliphatic carboxylic acids is 1. The van der Waals surface area contributed by atoms with E-state index in [1.165, 1.54) is 21.1 Å². The molecule has 2 amide bonds. The number of amides is 2. The third-order valence-electron chi connectivity index (χ3n) is 4.64. The number of likely N-dealkylation sites (N-methyl/N-ethyl adjacent to an activating group) is 1. The molecular formula is C19H22N2O5S. The van der Waals surface area contributed by atoms with E-state index in [2.05, 4.69) is 0 Å². The number of piperidine rings is 1. The molecule has 1 atom stereocenters. The van der Waals surface area contributed by atoms with Crippen LogP contribution in [0.4, 0.5) is 0 Å². The molecule has 2 aromatic heterocycles. The molecule has 0 aromatic carbocycles. The summed E-state index contributed by atoms with van der Waals surface area (Å²) in [6.07, 6.45) is 1.25. The number of carboxylic acids is 1. The lowest BCUT2D eigenvalue weighted by Gasteiger charge is -2.31. The molecule has 8 heteroatoms. The third kappa shape index (κ3) is 4.39. The molecule has 3 heterocycles. The molecule has 1 aliphatic heterocycles. The summed E-state index contributed by atoms with van der Waals surface area (Å²) in [6.45, 7) is 2.53. The minimum atomic E-state index is -0.879. The smallest absolute Gasteiger partial charge is 0.308 e. The Balaban J connectivity index is 1.61.